The lowest BCUT2D eigenvalue weighted by Gasteiger charge is -2.51. The van der Waals surface area contributed by atoms with Crippen LogP contribution in [0.2, 0.25) is 0 Å². The number of carbonyl (C=O) groups is 2. The van der Waals surface area contributed by atoms with Crippen LogP contribution in [0.5, 0.6) is 0 Å². The average Bonchev–Trinajstić information content (AvgIpc) is 3.01. The van der Waals surface area contributed by atoms with E-state index in [-0.39, 0.29) is 48.3 Å². The molecule has 246 valence electrons. The molecule has 3 fully saturated rings. The van der Waals surface area contributed by atoms with E-state index in [0.717, 1.165) is 36.0 Å². The normalized spacial score (nSPS) is 29.0. The number of benzene rings is 2. The molecule has 7 atom stereocenters. The van der Waals surface area contributed by atoms with Crippen molar-refractivity contribution >= 4 is 17.6 Å². The third-order valence-electron chi connectivity index (χ3n) is 9.58. The lowest BCUT2D eigenvalue weighted by Crippen LogP contribution is -2.61. The van der Waals surface area contributed by atoms with Gasteiger partial charge in [-0.1, -0.05) is 56.2 Å². The molecule has 9 heteroatoms. The molecule has 1 aliphatic carbocycles. The Labute approximate surface area is 268 Å². The van der Waals surface area contributed by atoms with Gasteiger partial charge in [-0.05, 0) is 82.6 Å². The molecule has 5 rings (SSSR count). The maximum absolute atomic E-state index is 13.7. The number of anilines is 1. The lowest BCUT2D eigenvalue weighted by molar-refractivity contribution is -0.278. The molecule has 3 aliphatic rings. The topological polar surface area (TPSA) is 112 Å². The summed E-state index contributed by atoms with van der Waals surface area (Å²) in [4.78, 5) is 28.5. The Morgan fingerprint density at radius 2 is 1.73 bits per heavy atom. The highest BCUT2D eigenvalue weighted by Crippen LogP contribution is 2.44. The third kappa shape index (κ3) is 8.25. The third-order valence-corrected chi connectivity index (χ3v) is 9.58. The van der Waals surface area contributed by atoms with Crippen LogP contribution in [0.25, 0.3) is 0 Å². The van der Waals surface area contributed by atoms with Gasteiger partial charge in [-0.3, -0.25) is 9.69 Å². The molecule has 2 aliphatic heterocycles. The zero-order valence-electron chi connectivity index (χ0n) is 27.6. The molecule has 9 nitrogen and oxygen atoms in total. The summed E-state index contributed by atoms with van der Waals surface area (Å²) in [5, 5.41) is 18.6. The van der Waals surface area contributed by atoms with E-state index in [2.05, 4.69) is 27.8 Å². The van der Waals surface area contributed by atoms with Gasteiger partial charge in [0, 0.05) is 41.8 Å². The number of ether oxygens (including phenoxy) is 2. The Bertz CT molecular complexity index is 1300. The number of nitrogens with one attached hydrogen (secondary N) is 3. The predicted molar refractivity (Wildman–Crippen MR) is 175 cm³/mol. The molecular weight excluding hydrogens is 568 g/mol. The quantitative estimate of drug-likeness (QED) is 0.286. The van der Waals surface area contributed by atoms with Gasteiger partial charge < -0.3 is 30.5 Å². The second-order valence-corrected chi connectivity index (χ2v) is 14.1. The standard InChI is InChI=1S/C36H52N4O5/c1-6-37-35(43)38-28-12-9-11-27(20-28)34-44-31(23(2)32(45-34)26-16-14-24(22-41)15-17-26)21-40-29-13-8-7-10-25(29)18-19-30(40)33(42)39-36(3,4)5/h9,11-12,14-17,20,23,25,29-32,34,41H,6-8,10,13,18-19,21-22H2,1-5H3,(H,39,42)(H2,37,38,43). The first-order valence-corrected chi connectivity index (χ1v) is 16.8. The number of hydrogen-bond acceptors (Lipinski definition) is 6. The monoisotopic (exact) mass is 620 g/mol. The maximum Gasteiger partial charge on any atom is 0.319 e. The van der Waals surface area contributed by atoms with Crippen molar-refractivity contribution in [2.75, 3.05) is 18.4 Å². The van der Waals surface area contributed by atoms with Crippen LogP contribution in [0.3, 0.4) is 0 Å². The van der Waals surface area contributed by atoms with Crippen LogP contribution in [0.15, 0.2) is 48.5 Å². The number of amides is 3. The molecule has 0 bridgehead atoms. The maximum atomic E-state index is 13.7. The second kappa shape index (κ2) is 14.6. The molecule has 1 saturated carbocycles. The van der Waals surface area contributed by atoms with E-state index in [9.17, 15) is 14.7 Å². The van der Waals surface area contributed by atoms with Crippen molar-refractivity contribution < 1.29 is 24.2 Å². The van der Waals surface area contributed by atoms with Crippen molar-refractivity contribution in [3.8, 4) is 0 Å². The molecule has 45 heavy (non-hydrogen) atoms. The van der Waals surface area contributed by atoms with Crippen LogP contribution >= 0.6 is 0 Å². The van der Waals surface area contributed by atoms with E-state index in [0.29, 0.717) is 30.7 Å². The number of piperidine rings is 1. The summed E-state index contributed by atoms with van der Waals surface area (Å²) in [7, 11) is 0. The highest BCUT2D eigenvalue weighted by atomic mass is 16.7. The second-order valence-electron chi connectivity index (χ2n) is 14.1. The fourth-order valence-electron chi connectivity index (χ4n) is 7.36. The smallest absolute Gasteiger partial charge is 0.319 e. The summed E-state index contributed by atoms with van der Waals surface area (Å²) in [6.45, 7) is 11.3. The van der Waals surface area contributed by atoms with Gasteiger partial charge in [-0.15, -0.1) is 0 Å². The van der Waals surface area contributed by atoms with Crippen LogP contribution in [0, 0.1) is 11.8 Å². The van der Waals surface area contributed by atoms with Gasteiger partial charge in [0.1, 0.15) is 0 Å². The van der Waals surface area contributed by atoms with Crippen molar-refractivity contribution in [2.45, 2.75) is 116 Å². The summed E-state index contributed by atoms with van der Waals surface area (Å²) in [5.41, 5.74) is 3.03. The van der Waals surface area contributed by atoms with Crippen LogP contribution in [-0.4, -0.2) is 58.8 Å². The van der Waals surface area contributed by atoms with Crippen molar-refractivity contribution in [3.05, 3.63) is 65.2 Å². The van der Waals surface area contributed by atoms with Crippen molar-refractivity contribution in [1.82, 2.24) is 15.5 Å². The molecule has 0 spiro atoms. The van der Waals surface area contributed by atoms with Crippen LogP contribution in [0.1, 0.15) is 102 Å². The number of fused-ring (bicyclic) bond motifs is 1. The van der Waals surface area contributed by atoms with Gasteiger partial charge in [0.25, 0.3) is 0 Å². The highest BCUT2D eigenvalue weighted by molar-refractivity contribution is 5.89. The highest BCUT2D eigenvalue weighted by Gasteiger charge is 2.46. The van der Waals surface area contributed by atoms with Gasteiger partial charge in [-0.25, -0.2) is 4.79 Å². The number of hydrogen-bond donors (Lipinski definition) is 4. The summed E-state index contributed by atoms with van der Waals surface area (Å²) in [5.74, 6) is 0.693. The fourth-order valence-corrected chi connectivity index (χ4v) is 7.36. The summed E-state index contributed by atoms with van der Waals surface area (Å²) < 4.78 is 13.5. The molecule has 0 aromatic heterocycles. The molecule has 7 unspecified atom stereocenters. The first-order chi connectivity index (χ1) is 21.6. The SMILES string of the molecule is CCNC(=O)Nc1cccc(C2OC(CN3C(C(=O)NC(C)(C)C)CCC4CCCCC43)C(C)C(c3ccc(CO)cc3)O2)c1. The number of aliphatic hydroxyl groups excluding tert-OH is 1. The predicted octanol–water partition coefficient (Wildman–Crippen LogP) is 6.05. The number of nitrogens with zero attached hydrogens (tertiary/aromatic N) is 1. The van der Waals surface area contributed by atoms with Crippen LogP contribution in [0.4, 0.5) is 10.5 Å². The van der Waals surface area contributed by atoms with E-state index < -0.39 is 6.29 Å². The van der Waals surface area contributed by atoms with E-state index in [1.54, 1.807) is 0 Å². The number of aliphatic hydroxyl groups is 1. The molecule has 2 saturated heterocycles. The van der Waals surface area contributed by atoms with Gasteiger partial charge in [0.2, 0.25) is 5.91 Å². The van der Waals surface area contributed by atoms with Gasteiger partial charge in [0.05, 0.1) is 24.9 Å². The first-order valence-electron chi connectivity index (χ1n) is 16.8. The lowest BCUT2D eigenvalue weighted by atomic mass is 9.75. The molecular formula is C36H52N4O5. The zero-order valence-corrected chi connectivity index (χ0v) is 27.6. The van der Waals surface area contributed by atoms with Crippen molar-refractivity contribution in [1.29, 1.82) is 0 Å². The molecule has 4 N–H and O–H groups in total. The number of likely N-dealkylation sites (tertiary alicyclic amines) is 1. The zero-order chi connectivity index (χ0) is 32.1. The summed E-state index contributed by atoms with van der Waals surface area (Å²) in [6.07, 6.45) is 5.55. The van der Waals surface area contributed by atoms with E-state index in [4.69, 9.17) is 9.47 Å². The Kier molecular flexibility index (Phi) is 10.9. The number of urea groups is 1. The van der Waals surface area contributed by atoms with Gasteiger partial charge >= 0.3 is 6.03 Å². The summed E-state index contributed by atoms with van der Waals surface area (Å²) in [6, 6.07) is 15.4. The average molecular weight is 621 g/mol. The minimum atomic E-state index is -0.668. The van der Waals surface area contributed by atoms with Crippen LogP contribution < -0.4 is 16.0 Å². The molecule has 0 radical (unpaired) electrons. The van der Waals surface area contributed by atoms with Crippen molar-refractivity contribution in [2.24, 2.45) is 11.8 Å². The number of rotatable bonds is 8. The molecule has 2 heterocycles. The largest absolute Gasteiger partial charge is 0.392 e. The fraction of sp³-hybridized carbons (Fsp3) is 0.611. The van der Waals surface area contributed by atoms with Gasteiger partial charge in [0.15, 0.2) is 6.29 Å². The molecule has 2 aromatic rings. The Morgan fingerprint density at radius 1 is 0.978 bits per heavy atom. The van der Waals surface area contributed by atoms with Crippen LogP contribution in [-0.2, 0) is 20.9 Å². The van der Waals surface area contributed by atoms with E-state index >= 15 is 0 Å². The Balaban J connectivity index is 1.46. The molecule has 2 aromatic carbocycles. The minimum absolute atomic E-state index is 0.00633. The van der Waals surface area contributed by atoms with Gasteiger partial charge in [-0.2, -0.15) is 0 Å². The minimum Gasteiger partial charge on any atom is -0.392 e. The first kappa shape index (κ1) is 33.4. The summed E-state index contributed by atoms with van der Waals surface area (Å²) >= 11 is 0. The van der Waals surface area contributed by atoms with E-state index in [1.165, 1.54) is 19.3 Å². The van der Waals surface area contributed by atoms with E-state index in [1.807, 2.05) is 76.2 Å². The molecule has 3 amide bonds. The number of carbonyl (C=O) groups excluding carboxylic acids is 2. The Hall–Kier alpha value is -2.98. The van der Waals surface area contributed by atoms with Crippen molar-refractivity contribution in [3.63, 3.8) is 0 Å². The Morgan fingerprint density at radius 3 is 2.44 bits per heavy atom.